The fraction of sp³-hybridized carbons (Fsp3) is 0.111. The lowest BCUT2D eigenvalue weighted by atomic mass is 10.0. The highest BCUT2D eigenvalue weighted by molar-refractivity contribution is 7.90. The minimum absolute atomic E-state index is 0.188. The summed E-state index contributed by atoms with van der Waals surface area (Å²) in [6.45, 7) is 1.87. The molecule has 0 saturated carbocycles. The number of hydrogen-bond acceptors (Lipinski definition) is 4. The van der Waals surface area contributed by atoms with Gasteiger partial charge in [0.1, 0.15) is 0 Å². The first-order valence-electron chi connectivity index (χ1n) is 7.24. The highest BCUT2D eigenvalue weighted by atomic mass is 35.5. The van der Waals surface area contributed by atoms with Crippen LogP contribution in [0.2, 0.25) is 5.02 Å². The highest BCUT2D eigenvalue weighted by Gasteiger charge is 2.13. The van der Waals surface area contributed by atoms with Gasteiger partial charge in [0.15, 0.2) is 9.84 Å². The maximum Gasteiger partial charge on any atom is 0.175 e. The molecule has 2 aromatic heterocycles. The van der Waals surface area contributed by atoms with E-state index in [0.717, 1.165) is 28.8 Å². The zero-order valence-corrected chi connectivity index (χ0v) is 14.8. The predicted octanol–water partition coefficient (Wildman–Crippen LogP) is 4.18. The monoisotopic (exact) mass is 358 g/mol. The predicted molar refractivity (Wildman–Crippen MR) is 95.8 cm³/mol. The summed E-state index contributed by atoms with van der Waals surface area (Å²) in [4.78, 5) is 8.93. The summed E-state index contributed by atoms with van der Waals surface area (Å²) in [5.41, 5.74) is 3.99. The van der Waals surface area contributed by atoms with Gasteiger partial charge >= 0.3 is 0 Å². The summed E-state index contributed by atoms with van der Waals surface area (Å²) in [6.07, 6.45) is 4.64. The third-order valence-corrected chi connectivity index (χ3v) is 4.97. The van der Waals surface area contributed by atoms with E-state index in [9.17, 15) is 8.42 Å². The molecule has 0 aliphatic carbocycles. The molecule has 6 heteroatoms. The fourth-order valence-corrected chi connectivity index (χ4v) is 3.41. The normalized spacial score (nSPS) is 11.5. The van der Waals surface area contributed by atoms with Gasteiger partial charge in [-0.05, 0) is 48.9 Å². The zero-order valence-electron chi connectivity index (χ0n) is 13.2. The van der Waals surface area contributed by atoms with E-state index in [1.54, 1.807) is 24.5 Å². The van der Waals surface area contributed by atoms with Gasteiger partial charge in [-0.15, -0.1) is 0 Å². The molecule has 2 heterocycles. The Hall–Kier alpha value is -2.24. The van der Waals surface area contributed by atoms with Crippen LogP contribution in [0.25, 0.3) is 22.4 Å². The summed E-state index contributed by atoms with van der Waals surface area (Å²) in [6, 6.07) is 12.4. The highest BCUT2D eigenvalue weighted by Crippen LogP contribution is 2.31. The van der Waals surface area contributed by atoms with E-state index in [1.165, 1.54) is 6.07 Å². The molecule has 0 unspecified atom stereocenters. The number of hydrogen-bond donors (Lipinski definition) is 0. The van der Waals surface area contributed by atoms with E-state index in [-0.39, 0.29) is 4.90 Å². The smallest absolute Gasteiger partial charge is 0.175 e. The topological polar surface area (TPSA) is 59.9 Å². The van der Waals surface area contributed by atoms with Crippen molar-refractivity contribution in [2.75, 3.05) is 6.26 Å². The largest absolute Gasteiger partial charge is 0.260 e. The second-order valence-corrected chi connectivity index (χ2v) is 7.97. The Morgan fingerprint density at radius 2 is 1.79 bits per heavy atom. The molecule has 0 N–H and O–H groups in total. The number of benzene rings is 1. The van der Waals surface area contributed by atoms with Crippen molar-refractivity contribution in [2.24, 2.45) is 0 Å². The van der Waals surface area contributed by atoms with E-state index in [4.69, 9.17) is 11.6 Å². The number of aryl methyl sites for hydroxylation is 1. The Morgan fingerprint density at radius 1 is 1.00 bits per heavy atom. The second-order valence-electron chi connectivity index (χ2n) is 5.52. The van der Waals surface area contributed by atoms with Crippen LogP contribution < -0.4 is 0 Å². The lowest BCUT2D eigenvalue weighted by molar-refractivity contribution is 0.602. The molecule has 0 atom stereocenters. The molecular formula is C18H15ClN2O2S. The number of halogens is 1. The molecule has 122 valence electrons. The zero-order chi connectivity index (χ0) is 17.3. The summed E-state index contributed by atoms with van der Waals surface area (Å²) in [5, 5.41) is 0.371. The van der Waals surface area contributed by atoms with Gasteiger partial charge in [-0.3, -0.25) is 9.97 Å². The molecule has 24 heavy (non-hydrogen) atoms. The summed E-state index contributed by atoms with van der Waals surface area (Å²) < 4.78 is 23.7. The molecule has 0 radical (unpaired) electrons. The number of aromatic nitrogens is 2. The van der Waals surface area contributed by atoms with Gasteiger partial charge in [-0.2, -0.15) is 0 Å². The van der Waals surface area contributed by atoms with Crippen molar-refractivity contribution in [1.29, 1.82) is 0 Å². The van der Waals surface area contributed by atoms with E-state index in [2.05, 4.69) is 9.97 Å². The molecule has 1 aromatic carbocycles. The van der Waals surface area contributed by atoms with Crippen molar-refractivity contribution >= 4 is 21.4 Å². The minimum Gasteiger partial charge on any atom is -0.260 e. The van der Waals surface area contributed by atoms with Crippen LogP contribution in [-0.4, -0.2) is 24.6 Å². The molecule has 0 amide bonds. The summed E-state index contributed by atoms with van der Waals surface area (Å²) >= 11 is 6.12. The van der Waals surface area contributed by atoms with Crippen LogP contribution in [0, 0.1) is 6.92 Å². The Morgan fingerprint density at radius 3 is 2.46 bits per heavy atom. The van der Waals surface area contributed by atoms with Crippen LogP contribution >= 0.6 is 11.6 Å². The molecule has 4 nitrogen and oxygen atoms in total. The van der Waals surface area contributed by atoms with E-state index < -0.39 is 9.84 Å². The molecule has 0 saturated heterocycles. The molecular weight excluding hydrogens is 344 g/mol. The van der Waals surface area contributed by atoms with Crippen molar-refractivity contribution in [3.05, 3.63) is 65.6 Å². The van der Waals surface area contributed by atoms with Crippen LogP contribution in [0.3, 0.4) is 0 Å². The Balaban J connectivity index is 2.18. The first kappa shape index (κ1) is 16.6. The van der Waals surface area contributed by atoms with Crippen LogP contribution in [0.5, 0.6) is 0 Å². The van der Waals surface area contributed by atoms with Gasteiger partial charge in [0.2, 0.25) is 0 Å². The quantitative estimate of drug-likeness (QED) is 0.704. The number of pyridine rings is 2. The summed E-state index contributed by atoms with van der Waals surface area (Å²) in [7, 11) is -3.35. The first-order valence-corrected chi connectivity index (χ1v) is 9.50. The Labute approximate surface area is 146 Å². The molecule has 3 rings (SSSR count). The van der Waals surface area contributed by atoms with Crippen molar-refractivity contribution < 1.29 is 8.42 Å². The molecule has 0 bridgehead atoms. The fourth-order valence-electron chi connectivity index (χ4n) is 2.43. The van der Waals surface area contributed by atoms with Crippen molar-refractivity contribution in [3.8, 4) is 22.4 Å². The molecule has 3 aromatic rings. The van der Waals surface area contributed by atoms with Gasteiger partial charge < -0.3 is 0 Å². The number of sulfone groups is 1. The lowest BCUT2D eigenvalue weighted by Gasteiger charge is -2.10. The minimum atomic E-state index is -3.35. The second kappa shape index (κ2) is 6.34. The van der Waals surface area contributed by atoms with Gasteiger partial charge in [0.05, 0.1) is 10.6 Å². The van der Waals surface area contributed by atoms with Crippen LogP contribution in [0.1, 0.15) is 5.69 Å². The van der Waals surface area contributed by atoms with Crippen molar-refractivity contribution in [3.63, 3.8) is 0 Å². The van der Waals surface area contributed by atoms with Crippen molar-refractivity contribution in [2.45, 2.75) is 11.8 Å². The number of nitrogens with zero attached hydrogens (tertiary/aromatic N) is 2. The number of rotatable bonds is 3. The maximum absolute atomic E-state index is 11.9. The Kier molecular flexibility index (Phi) is 4.39. The van der Waals surface area contributed by atoms with E-state index >= 15 is 0 Å². The van der Waals surface area contributed by atoms with Gasteiger partial charge in [0, 0.05) is 40.5 Å². The molecule has 0 fully saturated rings. The molecule has 0 aliphatic heterocycles. The standard InChI is InChI=1S/C18H15ClN2O2S/c1-12-17(9-14(11-21-12)18-5-3-4-6-20-18)13-7-15(19)10-16(8-13)24(2,22)23/h3-11H,1-2H3. The third kappa shape index (κ3) is 3.47. The van der Waals surface area contributed by atoms with Gasteiger partial charge in [-0.25, -0.2) is 8.42 Å². The van der Waals surface area contributed by atoms with E-state index in [0.29, 0.717) is 10.6 Å². The van der Waals surface area contributed by atoms with E-state index in [1.807, 2.05) is 31.2 Å². The average Bonchev–Trinajstić information content (AvgIpc) is 2.55. The molecule has 0 aliphatic rings. The van der Waals surface area contributed by atoms with Crippen LogP contribution in [0.15, 0.2) is 59.8 Å². The van der Waals surface area contributed by atoms with Crippen molar-refractivity contribution in [1.82, 2.24) is 9.97 Å². The SMILES string of the molecule is Cc1ncc(-c2ccccn2)cc1-c1cc(Cl)cc(S(C)(=O)=O)c1. The maximum atomic E-state index is 11.9. The lowest BCUT2D eigenvalue weighted by Crippen LogP contribution is -1.98. The average molecular weight is 359 g/mol. The van der Waals surface area contributed by atoms with Gasteiger partial charge in [0.25, 0.3) is 0 Å². The summed E-state index contributed by atoms with van der Waals surface area (Å²) in [5.74, 6) is 0. The van der Waals surface area contributed by atoms with Crippen LogP contribution in [0.4, 0.5) is 0 Å². The first-order chi connectivity index (χ1) is 11.3. The Bertz CT molecular complexity index is 1000. The van der Waals surface area contributed by atoms with Crippen LogP contribution in [-0.2, 0) is 9.84 Å². The van der Waals surface area contributed by atoms with Gasteiger partial charge in [-0.1, -0.05) is 17.7 Å². The molecule has 0 spiro atoms. The third-order valence-electron chi connectivity index (χ3n) is 3.66.